The van der Waals surface area contributed by atoms with Gasteiger partial charge in [0.15, 0.2) is 0 Å². The van der Waals surface area contributed by atoms with Crippen molar-refractivity contribution in [3.05, 3.63) is 59.9 Å². The number of hydrogen-bond acceptors (Lipinski definition) is 4. The molecule has 2 aromatic carbocycles. The van der Waals surface area contributed by atoms with E-state index in [2.05, 4.69) is 10.1 Å². The van der Waals surface area contributed by atoms with E-state index in [9.17, 15) is 4.39 Å². The molecule has 3 rings (SSSR count). The van der Waals surface area contributed by atoms with E-state index in [1.54, 1.807) is 12.1 Å². The molecule has 0 aliphatic carbocycles. The summed E-state index contributed by atoms with van der Waals surface area (Å²) in [5, 5.41) is 3.92. The van der Waals surface area contributed by atoms with E-state index in [4.69, 9.17) is 10.3 Å². The summed E-state index contributed by atoms with van der Waals surface area (Å²) in [6.07, 6.45) is 0.838. The molecule has 21 heavy (non-hydrogen) atoms. The Balaban J connectivity index is 1.85. The second-order valence-electron chi connectivity index (χ2n) is 4.67. The Hall–Kier alpha value is -2.53. The van der Waals surface area contributed by atoms with Gasteiger partial charge in [-0.1, -0.05) is 17.3 Å². The third-order valence-electron chi connectivity index (χ3n) is 3.16. The molecule has 1 heterocycles. The molecule has 0 spiro atoms. The van der Waals surface area contributed by atoms with Gasteiger partial charge in [0, 0.05) is 11.1 Å². The summed E-state index contributed by atoms with van der Waals surface area (Å²) in [7, 11) is 0. The smallest absolute Gasteiger partial charge is 0.258 e. The fraction of sp³-hybridized carbons (Fsp3) is 0.125. The van der Waals surface area contributed by atoms with Crippen LogP contribution in [0.1, 0.15) is 5.56 Å². The van der Waals surface area contributed by atoms with Crippen molar-refractivity contribution in [1.82, 2.24) is 10.1 Å². The molecule has 2 N–H and O–H groups in total. The molecule has 0 fully saturated rings. The highest BCUT2D eigenvalue weighted by molar-refractivity contribution is 5.59. The van der Waals surface area contributed by atoms with Crippen LogP contribution in [0, 0.1) is 5.82 Å². The van der Waals surface area contributed by atoms with E-state index >= 15 is 0 Å². The Morgan fingerprint density at radius 1 is 0.952 bits per heavy atom. The molecule has 1 aromatic heterocycles. The minimum atomic E-state index is -0.294. The molecule has 3 aromatic rings. The fourth-order valence-electron chi connectivity index (χ4n) is 2.04. The van der Waals surface area contributed by atoms with Crippen LogP contribution in [0.25, 0.3) is 22.8 Å². The van der Waals surface area contributed by atoms with Gasteiger partial charge in [-0.3, -0.25) is 0 Å². The first-order chi connectivity index (χ1) is 10.3. The first-order valence-corrected chi connectivity index (χ1v) is 6.65. The highest BCUT2D eigenvalue weighted by Gasteiger charge is 2.10. The zero-order valence-corrected chi connectivity index (χ0v) is 11.3. The predicted octanol–water partition coefficient (Wildman–Crippen LogP) is 3.04. The predicted molar refractivity (Wildman–Crippen MR) is 77.9 cm³/mol. The standard InChI is InChI=1S/C16H14FN3O/c17-14-7-5-12(6-8-14)15-19-16(21-20-15)13-3-1-11(2-4-13)9-10-18/h1-8H,9-10,18H2. The monoisotopic (exact) mass is 283 g/mol. The largest absolute Gasteiger partial charge is 0.334 e. The third kappa shape index (κ3) is 2.98. The maximum Gasteiger partial charge on any atom is 0.258 e. The molecular weight excluding hydrogens is 269 g/mol. The minimum absolute atomic E-state index is 0.294. The molecule has 106 valence electrons. The topological polar surface area (TPSA) is 64.9 Å². The van der Waals surface area contributed by atoms with E-state index in [0.717, 1.165) is 12.0 Å². The maximum atomic E-state index is 12.9. The minimum Gasteiger partial charge on any atom is -0.334 e. The van der Waals surface area contributed by atoms with Crippen molar-refractivity contribution < 1.29 is 8.91 Å². The Morgan fingerprint density at radius 2 is 1.62 bits per heavy atom. The first-order valence-electron chi connectivity index (χ1n) is 6.65. The van der Waals surface area contributed by atoms with Crippen LogP contribution in [0.4, 0.5) is 4.39 Å². The summed E-state index contributed by atoms with van der Waals surface area (Å²) in [5.41, 5.74) is 8.24. The van der Waals surface area contributed by atoms with Crippen LogP contribution in [-0.4, -0.2) is 16.7 Å². The molecule has 0 saturated heterocycles. The second kappa shape index (κ2) is 5.85. The van der Waals surface area contributed by atoms with E-state index in [-0.39, 0.29) is 5.82 Å². The van der Waals surface area contributed by atoms with Gasteiger partial charge < -0.3 is 10.3 Å². The lowest BCUT2D eigenvalue weighted by Crippen LogP contribution is -2.02. The average molecular weight is 283 g/mol. The molecule has 0 aliphatic heterocycles. The van der Waals surface area contributed by atoms with Crippen molar-refractivity contribution in [3.8, 4) is 22.8 Å². The van der Waals surface area contributed by atoms with Crippen LogP contribution in [0.5, 0.6) is 0 Å². The van der Waals surface area contributed by atoms with Crippen LogP contribution in [-0.2, 0) is 6.42 Å². The molecule has 0 unspecified atom stereocenters. The van der Waals surface area contributed by atoms with Crippen LogP contribution in [0.2, 0.25) is 0 Å². The number of nitrogens with two attached hydrogens (primary N) is 1. The molecule has 0 radical (unpaired) electrons. The summed E-state index contributed by atoms with van der Waals surface area (Å²) in [5.74, 6) is 0.586. The Kier molecular flexibility index (Phi) is 3.75. The number of aromatic nitrogens is 2. The highest BCUT2D eigenvalue weighted by Crippen LogP contribution is 2.22. The quantitative estimate of drug-likeness (QED) is 0.799. The number of halogens is 1. The number of nitrogens with zero attached hydrogens (tertiary/aromatic N) is 2. The molecular formula is C16H14FN3O. The number of hydrogen-bond donors (Lipinski definition) is 1. The van der Waals surface area contributed by atoms with Crippen molar-refractivity contribution >= 4 is 0 Å². The van der Waals surface area contributed by atoms with E-state index in [1.807, 2.05) is 24.3 Å². The van der Waals surface area contributed by atoms with Gasteiger partial charge in [0.2, 0.25) is 5.82 Å². The van der Waals surface area contributed by atoms with Gasteiger partial charge in [0.05, 0.1) is 0 Å². The molecule has 0 aliphatic rings. The lowest BCUT2D eigenvalue weighted by Gasteiger charge is -1.99. The van der Waals surface area contributed by atoms with Gasteiger partial charge in [-0.15, -0.1) is 0 Å². The maximum absolute atomic E-state index is 12.9. The zero-order valence-electron chi connectivity index (χ0n) is 11.3. The summed E-state index contributed by atoms with van der Waals surface area (Å²) >= 11 is 0. The van der Waals surface area contributed by atoms with Gasteiger partial charge in [0.25, 0.3) is 5.89 Å². The Labute approximate surface area is 121 Å². The van der Waals surface area contributed by atoms with E-state index in [0.29, 0.717) is 23.8 Å². The third-order valence-corrected chi connectivity index (χ3v) is 3.16. The van der Waals surface area contributed by atoms with Crippen LogP contribution in [0.3, 0.4) is 0 Å². The lowest BCUT2D eigenvalue weighted by molar-refractivity contribution is 0.432. The second-order valence-corrected chi connectivity index (χ2v) is 4.67. The normalized spacial score (nSPS) is 10.8. The lowest BCUT2D eigenvalue weighted by atomic mass is 10.1. The molecule has 0 bridgehead atoms. The zero-order chi connectivity index (χ0) is 14.7. The summed E-state index contributed by atoms with van der Waals surface area (Å²) in [6, 6.07) is 13.8. The van der Waals surface area contributed by atoms with Crippen molar-refractivity contribution in [2.45, 2.75) is 6.42 Å². The number of benzene rings is 2. The van der Waals surface area contributed by atoms with Crippen LogP contribution < -0.4 is 5.73 Å². The van der Waals surface area contributed by atoms with Gasteiger partial charge in [0.1, 0.15) is 5.82 Å². The Bertz CT molecular complexity index is 720. The highest BCUT2D eigenvalue weighted by atomic mass is 19.1. The molecule has 0 atom stereocenters. The number of rotatable bonds is 4. The Morgan fingerprint density at radius 3 is 2.29 bits per heavy atom. The van der Waals surface area contributed by atoms with Crippen LogP contribution >= 0.6 is 0 Å². The molecule has 5 heteroatoms. The van der Waals surface area contributed by atoms with Crippen molar-refractivity contribution in [2.24, 2.45) is 5.73 Å². The fourth-order valence-corrected chi connectivity index (χ4v) is 2.04. The average Bonchev–Trinajstić information content (AvgIpc) is 2.99. The summed E-state index contributed by atoms with van der Waals surface area (Å²) in [4.78, 5) is 4.33. The van der Waals surface area contributed by atoms with Crippen LogP contribution in [0.15, 0.2) is 53.1 Å². The van der Waals surface area contributed by atoms with E-state index < -0.39 is 0 Å². The van der Waals surface area contributed by atoms with Crippen molar-refractivity contribution in [2.75, 3.05) is 6.54 Å². The molecule has 0 amide bonds. The van der Waals surface area contributed by atoms with Crippen molar-refractivity contribution in [3.63, 3.8) is 0 Å². The summed E-state index contributed by atoms with van der Waals surface area (Å²) < 4.78 is 18.2. The van der Waals surface area contributed by atoms with Gasteiger partial charge in [-0.05, 0) is 54.9 Å². The van der Waals surface area contributed by atoms with Gasteiger partial charge >= 0.3 is 0 Å². The van der Waals surface area contributed by atoms with Gasteiger partial charge in [-0.25, -0.2) is 4.39 Å². The van der Waals surface area contributed by atoms with Gasteiger partial charge in [-0.2, -0.15) is 4.98 Å². The molecule has 0 saturated carbocycles. The SMILES string of the molecule is NCCc1ccc(-c2nc(-c3ccc(F)cc3)no2)cc1. The first kappa shape index (κ1) is 13.5. The summed E-state index contributed by atoms with van der Waals surface area (Å²) in [6.45, 7) is 0.620. The molecule has 4 nitrogen and oxygen atoms in total. The van der Waals surface area contributed by atoms with Crippen molar-refractivity contribution in [1.29, 1.82) is 0 Å². The van der Waals surface area contributed by atoms with E-state index in [1.165, 1.54) is 17.7 Å².